The van der Waals surface area contributed by atoms with Gasteiger partial charge in [0, 0.05) is 19.0 Å². The van der Waals surface area contributed by atoms with Crippen LogP contribution >= 0.6 is 0 Å². The quantitative estimate of drug-likeness (QED) is 0.827. The molecule has 0 aromatic heterocycles. The average Bonchev–Trinajstić information content (AvgIpc) is 2.48. The minimum absolute atomic E-state index is 0.0370. The van der Waals surface area contributed by atoms with E-state index in [2.05, 4.69) is 0 Å². The maximum Gasteiger partial charge on any atom is 0.225 e. The van der Waals surface area contributed by atoms with E-state index in [1.54, 1.807) is 6.07 Å². The van der Waals surface area contributed by atoms with E-state index in [1.165, 1.54) is 12.1 Å². The number of hydrogen-bond donors (Lipinski definition) is 0. The Labute approximate surface area is 125 Å². The van der Waals surface area contributed by atoms with E-state index in [9.17, 15) is 13.6 Å². The lowest BCUT2D eigenvalue weighted by Gasteiger charge is -2.34. The fourth-order valence-electron chi connectivity index (χ4n) is 2.93. The van der Waals surface area contributed by atoms with Crippen molar-refractivity contribution < 1.29 is 13.6 Å². The molecule has 1 fully saturated rings. The first-order valence-electron chi connectivity index (χ1n) is 7.70. The van der Waals surface area contributed by atoms with Crippen molar-refractivity contribution in [1.29, 1.82) is 0 Å². The second kappa shape index (κ2) is 7.01. The Morgan fingerprint density at radius 2 is 2.10 bits per heavy atom. The van der Waals surface area contributed by atoms with Crippen molar-refractivity contribution in [2.24, 2.45) is 11.8 Å². The summed E-state index contributed by atoms with van der Waals surface area (Å²) in [7, 11) is 0. The standard InChI is InChI=1S/C17H23F2NO/c1-12(2)17(21)20-9-3-4-14(11-20)6-5-13-7-8-15(18)16(19)10-13/h7-8,10,12,14H,3-6,9,11H2,1-2H3. The average molecular weight is 295 g/mol. The van der Waals surface area contributed by atoms with Gasteiger partial charge in [0.05, 0.1) is 0 Å². The lowest BCUT2D eigenvalue weighted by atomic mass is 9.91. The number of rotatable bonds is 4. The third kappa shape index (κ3) is 4.26. The highest BCUT2D eigenvalue weighted by Crippen LogP contribution is 2.23. The van der Waals surface area contributed by atoms with Gasteiger partial charge in [0.15, 0.2) is 11.6 Å². The molecule has 2 rings (SSSR count). The number of halogens is 2. The summed E-state index contributed by atoms with van der Waals surface area (Å²) < 4.78 is 26.1. The summed E-state index contributed by atoms with van der Waals surface area (Å²) in [5, 5.41) is 0. The van der Waals surface area contributed by atoms with Gasteiger partial charge in [-0.25, -0.2) is 8.78 Å². The van der Waals surface area contributed by atoms with E-state index in [0.717, 1.165) is 44.3 Å². The minimum Gasteiger partial charge on any atom is -0.342 e. The molecule has 0 aliphatic carbocycles. The van der Waals surface area contributed by atoms with Crippen LogP contribution in [0.2, 0.25) is 0 Å². The molecular formula is C17H23F2NO. The Morgan fingerprint density at radius 1 is 1.33 bits per heavy atom. The van der Waals surface area contributed by atoms with Gasteiger partial charge >= 0.3 is 0 Å². The second-order valence-electron chi connectivity index (χ2n) is 6.23. The Bertz CT molecular complexity index is 502. The van der Waals surface area contributed by atoms with Crippen molar-refractivity contribution in [2.45, 2.75) is 39.5 Å². The smallest absolute Gasteiger partial charge is 0.225 e. The molecule has 2 nitrogen and oxygen atoms in total. The number of hydrogen-bond acceptors (Lipinski definition) is 1. The van der Waals surface area contributed by atoms with Crippen LogP contribution < -0.4 is 0 Å². The molecule has 1 saturated heterocycles. The Balaban J connectivity index is 1.88. The van der Waals surface area contributed by atoms with Crippen molar-refractivity contribution in [1.82, 2.24) is 4.90 Å². The van der Waals surface area contributed by atoms with Crippen LogP contribution in [0.25, 0.3) is 0 Å². The molecule has 1 heterocycles. The molecule has 1 aliphatic heterocycles. The molecule has 1 aliphatic rings. The number of nitrogens with zero attached hydrogens (tertiary/aromatic N) is 1. The van der Waals surface area contributed by atoms with E-state index >= 15 is 0 Å². The Morgan fingerprint density at radius 3 is 2.76 bits per heavy atom. The predicted molar refractivity (Wildman–Crippen MR) is 78.8 cm³/mol. The molecule has 1 unspecified atom stereocenters. The highest BCUT2D eigenvalue weighted by atomic mass is 19.2. The summed E-state index contributed by atoms with van der Waals surface area (Å²) in [6.07, 6.45) is 3.77. The summed E-state index contributed by atoms with van der Waals surface area (Å²) in [6.45, 7) is 5.49. The Kier molecular flexibility index (Phi) is 5.32. The van der Waals surface area contributed by atoms with E-state index in [1.807, 2.05) is 18.7 Å². The molecule has 0 radical (unpaired) electrons. The van der Waals surface area contributed by atoms with Gasteiger partial charge in [-0.15, -0.1) is 0 Å². The summed E-state index contributed by atoms with van der Waals surface area (Å²) >= 11 is 0. The molecule has 0 spiro atoms. The molecule has 21 heavy (non-hydrogen) atoms. The molecule has 1 aromatic rings. The topological polar surface area (TPSA) is 20.3 Å². The zero-order chi connectivity index (χ0) is 15.4. The molecule has 1 atom stereocenters. The minimum atomic E-state index is -0.801. The third-order valence-corrected chi connectivity index (χ3v) is 4.15. The Hall–Kier alpha value is -1.45. The van der Waals surface area contributed by atoms with Crippen LogP contribution in [0.5, 0.6) is 0 Å². The molecule has 1 aromatic carbocycles. The number of piperidine rings is 1. The summed E-state index contributed by atoms with van der Waals surface area (Å²) in [5.41, 5.74) is 0.821. The number of aryl methyl sites for hydroxylation is 1. The zero-order valence-corrected chi connectivity index (χ0v) is 12.7. The van der Waals surface area contributed by atoms with E-state index < -0.39 is 11.6 Å². The van der Waals surface area contributed by atoms with Crippen molar-refractivity contribution >= 4 is 5.91 Å². The normalized spacial score (nSPS) is 19.1. The number of carbonyl (C=O) groups is 1. The van der Waals surface area contributed by atoms with Crippen molar-refractivity contribution in [3.8, 4) is 0 Å². The monoisotopic (exact) mass is 295 g/mol. The molecule has 1 amide bonds. The van der Waals surface area contributed by atoms with Crippen molar-refractivity contribution in [3.05, 3.63) is 35.4 Å². The molecular weight excluding hydrogens is 272 g/mol. The third-order valence-electron chi connectivity index (χ3n) is 4.15. The van der Waals surface area contributed by atoms with Gasteiger partial charge in [0.2, 0.25) is 5.91 Å². The first-order chi connectivity index (χ1) is 9.97. The van der Waals surface area contributed by atoms with Gasteiger partial charge < -0.3 is 4.90 Å². The maximum absolute atomic E-state index is 13.2. The van der Waals surface area contributed by atoms with Crippen LogP contribution in [0.1, 0.15) is 38.7 Å². The number of carbonyl (C=O) groups excluding carboxylic acids is 1. The summed E-state index contributed by atoms with van der Waals surface area (Å²) in [4.78, 5) is 14.0. The van der Waals surface area contributed by atoms with E-state index in [-0.39, 0.29) is 11.8 Å². The first kappa shape index (κ1) is 15.9. The van der Waals surface area contributed by atoms with Crippen LogP contribution in [0.4, 0.5) is 8.78 Å². The second-order valence-corrected chi connectivity index (χ2v) is 6.23. The molecule has 4 heteroatoms. The van der Waals surface area contributed by atoms with Gasteiger partial charge in [-0.3, -0.25) is 4.79 Å². The number of benzene rings is 1. The number of likely N-dealkylation sites (tertiary alicyclic amines) is 1. The van der Waals surface area contributed by atoms with Gasteiger partial charge in [-0.05, 0) is 49.3 Å². The zero-order valence-electron chi connectivity index (χ0n) is 12.7. The largest absolute Gasteiger partial charge is 0.342 e. The van der Waals surface area contributed by atoms with Crippen LogP contribution in [0.15, 0.2) is 18.2 Å². The first-order valence-corrected chi connectivity index (χ1v) is 7.70. The summed E-state index contributed by atoms with van der Waals surface area (Å²) in [5.74, 6) is -0.880. The molecule has 0 saturated carbocycles. The molecule has 116 valence electrons. The maximum atomic E-state index is 13.2. The number of amides is 1. The lowest BCUT2D eigenvalue weighted by molar-refractivity contribution is -0.136. The SMILES string of the molecule is CC(C)C(=O)N1CCCC(CCc2ccc(F)c(F)c2)C1. The summed E-state index contributed by atoms with van der Waals surface area (Å²) in [6, 6.07) is 4.09. The van der Waals surface area contributed by atoms with Crippen LogP contribution in [0, 0.1) is 23.5 Å². The van der Waals surface area contributed by atoms with Gasteiger partial charge in [0.1, 0.15) is 0 Å². The lowest BCUT2D eigenvalue weighted by Crippen LogP contribution is -2.42. The van der Waals surface area contributed by atoms with Crippen molar-refractivity contribution in [2.75, 3.05) is 13.1 Å². The van der Waals surface area contributed by atoms with Crippen molar-refractivity contribution in [3.63, 3.8) is 0 Å². The van der Waals surface area contributed by atoms with Crippen LogP contribution in [-0.2, 0) is 11.2 Å². The fraction of sp³-hybridized carbons (Fsp3) is 0.588. The molecule has 0 bridgehead atoms. The predicted octanol–water partition coefficient (Wildman–Crippen LogP) is 3.79. The van der Waals surface area contributed by atoms with Crippen LogP contribution in [-0.4, -0.2) is 23.9 Å². The fourth-order valence-corrected chi connectivity index (χ4v) is 2.93. The highest BCUT2D eigenvalue weighted by molar-refractivity contribution is 5.78. The highest BCUT2D eigenvalue weighted by Gasteiger charge is 2.24. The van der Waals surface area contributed by atoms with Gasteiger partial charge in [0.25, 0.3) is 0 Å². The van der Waals surface area contributed by atoms with Gasteiger partial charge in [-0.2, -0.15) is 0 Å². The van der Waals surface area contributed by atoms with E-state index in [0.29, 0.717) is 5.92 Å². The van der Waals surface area contributed by atoms with Gasteiger partial charge in [-0.1, -0.05) is 19.9 Å². The van der Waals surface area contributed by atoms with Crippen LogP contribution in [0.3, 0.4) is 0 Å². The molecule has 0 N–H and O–H groups in total. The van der Waals surface area contributed by atoms with E-state index in [4.69, 9.17) is 0 Å².